The molecule has 2 saturated heterocycles. The Morgan fingerprint density at radius 1 is 0.458 bits per heavy atom. The number of hydrogen-bond donors (Lipinski definition) is 7. The Hall–Kier alpha value is -4.01. The number of hydrogen-bond acceptors (Lipinski definition) is 22. The smallest absolute Gasteiger partial charge is 0.315 e. The van der Waals surface area contributed by atoms with E-state index in [0.29, 0.717) is 248 Å². The first-order valence-electron chi connectivity index (χ1n) is 29.2. The van der Waals surface area contributed by atoms with Crippen LogP contribution < -0.4 is 26.6 Å². The summed E-state index contributed by atoms with van der Waals surface area (Å²) < 4.78 is 82.7. The van der Waals surface area contributed by atoms with Gasteiger partial charge in [-0.15, -0.1) is 0 Å². The predicted molar refractivity (Wildman–Crippen MR) is 308 cm³/mol. The molecule has 2 heterocycles. The maximum absolute atomic E-state index is 12.1. The standard InChI is InChI=1S/C56H97N5O21S/c62-49-9-7-47(45-50(49)63)8-10-53(65)57-12-3-15-68-19-23-72-24-20-69-16-4-13-58-54(66)11-17-70-21-25-73-27-29-75-31-33-77-35-37-79-39-41-81-43-44-82-42-40-80-38-36-78-34-32-76-30-28-74-26-22-71-18-14-59-52(64)6-2-1-5-51-55-48(46-83-51)60-56(67)61-55/h7-10,45,48,51,55,62-63H,1-6,11-44,46H2,(H,57,65)(H,58,66)(H,59,64)(H2,60,61,67). The van der Waals surface area contributed by atoms with Crippen LogP contribution in [0.25, 0.3) is 6.08 Å². The predicted octanol–water partition coefficient (Wildman–Crippen LogP) is 1.60. The van der Waals surface area contributed by atoms with Gasteiger partial charge in [0.25, 0.3) is 0 Å². The fraction of sp³-hybridized carbons (Fsp3) is 0.786. The summed E-state index contributed by atoms with van der Waals surface area (Å²) in [6.45, 7) is 14.9. The van der Waals surface area contributed by atoms with Crippen LogP contribution in [0.4, 0.5) is 4.79 Å². The number of urea groups is 1. The van der Waals surface area contributed by atoms with Crippen molar-refractivity contribution in [2.45, 2.75) is 62.3 Å². The van der Waals surface area contributed by atoms with Gasteiger partial charge in [-0.2, -0.15) is 11.8 Å². The second kappa shape index (κ2) is 53.5. The molecular weight excluding hydrogens is 1110 g/mol. The number of ether oxygens (including phenoxy) is 15. The number of phenolic OH excluding ortho intramolecular Hbond substituents is 2. The molecule has 27 heteroatoms. The molecule has 0 aromatic heterocycles. The van der Waals surface area contributed by atoms with Crippen LogP contribution in [-0.4, -0.2) is 275 Å². The van der Waals surface area contributed by atoms with Crippen LogP contribution in [0.2, 0.25) is 0 Å². The van der Waals surface area contributed by atoms with Crippen LogP contribution in [0.5, 0.6) is 11.5 Å². The Bertz CT molecular complexity index is 1800. The van der Waals surface area contributed by atoms with Crippen LogP contribution in [0.3, 0.4) is 0 Å². The summed E-state index contributed by atoms with van der Waals surface area (Å²) in [5, 5.41) is 33.7. The summed E-state index contributed by atoms with van der Waals surface area (Å²) in [7, 11) is 0. The Labute approximate surface area is 494 Å². The SMILES string of the molecule is O=C(C=Cc1ccc(O)c(O)c1)NCCCOCCOCCOCCCNC(=O)CCOCCOCCOCCOCCOCCOCCOCCOCCOCCOCCOCCOCCNC(=O)CCCCC1SCC2NC(=O)NC21. The van der Waals surface area contributed by atoms with Gasteiger partial charge in [0, 0.05) is 62.8 Å². The van der Waals surface area contributed by atoms with E-state index in [-0.39, 0.29) is 53.8 Å². The molecule has 1 aromatic carbocycles. The first-order valence-corrected chi connectivity index (χ1v) is 30.2. The fourth-order valence-corrected chi connectivity index (χ4v) is 9.15. The van der Waals surface area contributed by atoms with E-state index in [2.05, 4.69) is 26.6 Å². The Morgan fingerprint density at radius 2 is 0.855 bits per heavy atom. The first kappa shape index (κ1) is 73.2. The molecule has 0 aliphatic carbocycles. The van der Waals surface area contributed by atoms with Crippen LogP contribution in [0, 0.1) is 0 Å². The molecule has 5 amide bonds. The van der Waals surface area contributed by atoms with Gasteiger partial charge >= 0.3 is 6.03 Å². The molecule has 3 rings (SSSR count). The topological polar surface area (TPSA) is 307 Å². The van der Waals surface area contributed by atoms with Crippen LogP contribution >= 0.6 is 11.8 Å². The molecule has 3 atom stereocenters. The van der Waals surface area contributed by atoms with Gasteiger partial charge < -0.3 is 108 Å². The van der Waals surface area contributed by atoms with Crippen molar-refractivity contribution in [3.05, 3.63) is 29.8 Å². The van der Waals surface area contributed by atoms with Crippen molar-refractivity contribution in [3.8, 4) is 11.5 Å². The minimum Gasteiger partial charge on any atom is -0.504 e. The molecule has 2 aliphatic rings. The number of thioether (sulfide) groups is 1. The van der Waals surface area contributed by atoms with E-state index in [9.17, 15) is 29.4 Å². The molecule has 7 N–H and O–H groups in total. The second-order valence-electron chi connectivity index (χ2n) is 18.6. The van der Waals surface area contributed by atoms with Gasteiger partial charge in [-0.25, -0.2) is 4.79 Å². The third-order valence-electron chi connectivity index (χ3n) is 11.9. The Balaban J connectivity index is 0.870. The minimum atomic E-state index is -0.266. The number of carbonyl (C=O) groups excluding carboxylic acids is 4. The summed E-state index contributed by atoms with van der Waals surface area (Å²) in [6.07, 6.45) is 7.80. The van der Waals surface area contributed by atoms with Crippen molar-refractivity contribution in [2.24, 2.45) is 0 Å². The van der Waals surface area contributed by atoms with Gasteiger partial charge in [0.1, 0.15) is 0 Å². The molecular formula is C56H97N5O21S. The van der Waals surface area contributed by atoms with Crippen LogP contribution in [-0.2, 0) is 85.4 Å². The van der Waals surface area contributed by atoms with E-state index < -0.39 is 0 Å². The molecule has 83 heavy (non-hydrogen) atoms. The lowest BCUT2D eigenvalue weighted by Gasteiger charge is -2.16. The number of carbonyl (C=O) groups is 4. The summed E-state index contributed by atoms with van der Waals surface area (Å²) >= 11 is 1.90. The van der Waals surface area contributed by atoms with Gasteiger partial charge in [0.05, 0.1) is 197 Å². The number of benzene rings is 1. The molecule has 26 nitrogen and oxygen atoms in total. The minimum absolute atomic E-state index is 0.0343. The molecule has 3 unspecified atom stereocenters. The maximum Gasteiger partial charge on any atom is 0.315 e. The van der Waals surface area contributed by atoms with Gasteiger partial charge in [0.2, 0.25) is 17.7 Å². The molecule has 2 aliphatic heterocycles. The Kier molecular flexibility index (Phi) is 47.2. The zero-order valence-corrected chi connectivity index (χ0v) is 49.5. The lowest BCUT2D eigenvalue weighted by molar-refractivity contribution is -0.122. The van der Waals surface area contributed by atoms with E-state index in [0.717, 1.165) is 25.0 Å². The second-order valence-corrected chi connectivity index (χ2v) is 19.9. The first-order chi connectivity index (χ1) is 40.8. The highest BCUT2D eigenvalue weighted by atomic mass is 32.2. The molecule has 1 aromatic rings. The maximum atomic E-state index is 12.1. The summed E-state index contributed by atoms with van der Waals surface area (Å²) in [5.41, 5.74) is 0.594. The molecule has 2 fully saturated rings. The number of aromatic hydroxyl groups is 2. The molecule has 0 radical (unpaired) electrons. The van der Waals surface area contributed by atoms with Crippen LogP contribution in [0.1, 0.15) is 50.5 Å². The summed E-state index contributed by atoms with van der Waals surface area (Å²) in [6, 6.07) is 4.69. The normalized spacial score (nSPS) is 15.7. The number of phenols is 2. The van der Waals surface area contributed by atoms with Crippen LogP contribution in [0.15, 0.2) is 24.3 Å². The highest BCUT2D eigenvalue weighted by Crippen LogP contribution is 2.33. The fourth-order valence-electron chi connectivity index (χ4n) is 7.60. The number of amides is 5. The van der Waals surface area contributed by atoms with Gasteiger partial charge in [-0.05, 0) is 49.5 Å². The lowest BCUT2D eigenvalue weighted by Crippen LogP contribution is -2.36. The molecule has 0 spiro atoms. The summed E-state index contributed by atoms with van der Waals surface area (Å²) in [5.74, 6) is 0.174. The number of rotatable bonds is 60. The Morgan fingerprint density at radius 3 is 1.31 bits per heavy atom. The van der Waals surface area contributed by atoms with E-state index in [1.54, 1.807) is 12.1 Å². The van der Waals surface area contributed by atoms with Gasteiger partial charge in [0.15, 0.2) is 11.5 Å². The zero-order valence-electron chi connectivity index (χ0n) is 48.7. The molecule has 0 bridgehead atoms. The van der Waals surface area contributed by atoms with Crippen molar-refractivity contribution in [3.63, 3.8) is 0 Å². The van der Waals surface area contributed by atoms with Crippen molar-refractivity contribution in [1.82, 2.24) is 26.6 Å². The molecule has 478 valence electrons. The van der Waals surface area contributed by atoms with Crippen molar-refractivity contribution in [1.29, 1.82) is 0 Å². The van der Waals surface area contributed by atoms with E-state index in [4.69, 9.17) is 71.1 Å². The molecule has 0 saturated carbocycles. The lowest BCUT2D eigenvalue weighted by atomic mass is 10.0. The zero-order chi connectivity index (χ0) is 59.1. The van der Waals surface area contributed by atoms with E-state index >= 15 is 0 Å². The van der Waals surface area contributed by atoms with Crippen molar-refractivity contribution < 1.29 is 100 Å². The highest BCUT2D eigenvalue weighted by molar-refractivity contribution is 8.00. The number of unbranched alkanes of at least 4 members (excludes halogenated alkanes) is 1. The highest BCUT2D eigenvalue weighted by Gasteiger charge is 2.42. The summed E-state index contributed by atoms with van der Waals surface area (Å²) in [4.78, 5) is 47.5. The van der Waals surface area contributed by atoms with Gasteiger partial charge in [-0.1, -0.05) is 12.5 Å². The largest absolute Gasteiger partial charge is 0.504 e. The van der Waals surface area contributed by atoms with Gasteiger partial charge in [-0.3, -0.25) is 14.4 Å². The average molecular weight is 1210 g/mol. The van der Waals surface area contributed by atoms with E-state index in [1.807, 2.05) is 11.8 Å². The quantitative estimate of drug-likeness (QED) is 0.0211. The van der Waals surface area contributed by atoms with Crippen molar-refractivity contribution >= 4 is 41.6 Å². The third kappa shape index (κ3) is 43.3. The number of nitrogens with one attached hydrogen (secondary N) is 5. The van der Waals surface area contributed by atoms with Crippen molar-refractivity contribution in [2.75, 3.05) is 224 Å². The number of fused-ring (bicyclic) bond motifs is 1. The van der Waals surface area contributed by atoms with E-state index in [1.165, 1.54) is 18.2 Å². The monoisotopic (exact) mass is 1210 g/mol. The average Bonchev–Trinajstić information content (AvgIpc) is 4.23. The third-order valence-corrected chi connectivity index (χ3v) is 13.4.